The van der Waals surface area contributed by atoms with E-state index in [2.05, 4.69) is 33.1 Å². The molecule has 0 amide bonds. The van der Waals surface area contributed by atoms with Crippen molar-refractivity contribution >= 4 is 17.2 Å². The first-order chi connectivity index (χ1) is 15.8. The number of hydrogen-bond acceptors (Lipinski definition) is 5. The van der Waals surface area contributed by atoms with Gasteiger partial charge in [0.25, 0.3) is 0 Å². The molecule has 0 atom stereocenters. The summed E-state index contributed by atoms with van der Waals surface area (Å²) < 4.78 is 0. The van der Waals surface area contributed by atoms with Crippen LogP contribution in [0.5, 0.6) is 5.75 Å². The highest BCUT2D eigenvalue weighted by Crippen LogP contribution is 2.35. The molecule has 3 aromatic carbocycles. The monoisotopic (exact) mass is 416 g/mol. The molecule has 0 aliphatic carbocycles. The molecule has 0 unspecified atom stereocenters. The second kappa shape index (κ2) is 8.70. The van der Waals surface area contributed by atoms with Crippen molar-refractivity contribution in [2.24, 2.45) is 0 Å². The standard InChI is InChI=1S/C27H20N4O/c32-26-14-5-4-13-23(26)25-19-28-18-24(30-25)20-9-8-12-22(17-20)31(21-10-2-1-3-11-21)27-15-6-7-16-29-27/h1-19,32H. The van der Waals surface area contributed by atoms with Crippen molar-refractivity contribution in [3.05, 3.63) is 116 Å². The lowest BCUT2D eigenvalue weighted by atomic mass is 10.1. The minimum atomic E-state index is 0.179. The summed E-state index contributed by atoms with van der Waals surface area (Å²) in [5.74, 6) is 1.00. The number of phenols is 1. The van der Waals surface area contributed by atoms with Crippen LogP contribution in [0, 0.1) is 0 Å². The zero-order chi connectivity index (χ0) is 21.8. The average Bonchev–Trinajstić information content (AvgIpc) is 2.86. The first kappa shape index (κ1) is 19.5. The molecule has 2 heterocycles. The number of phenolic OH excluding ortho intramolecular Hbond substituents is 1. The fourth-order valence-corrected chi connectivity index (χ4v) is 3.61. The summed E-state index contributed by atoms with van der Waals surface area (Å²) in [6.07, 6.45) is 5.18. The Labute approximate surface area is 186 Å². The number of benzene rings is 3. The molecule has 0 saturated heterocycles. The number of para-hydroxylation sites is 2. The van der Waals surface area contributed by atoms with E-state index in [0.29, 0.717) is 11.3 Å². The summed E-state index contributed by atoms with van der Waals surface area (Å²) in [6, 6.07) is 31.2. The Morgan fingerprint density at radius 3 is 2.22 bits per heavy atom. The molecule has 154 valence electrons. The third-order valence-electron chi connectivity index (χ3n) is 5.11. The second-order valence-corrected chi connectivity index (χ2v) is 7.22. The minimum absolute atomic E-state index is 0.179. The molecular formula is C27H20N4O. The molecule has 0 saturated carbocycles. The molecule has 5 rings (SSSR count). The van der Waals surface area contributed by atoms with E-state index in [9.17, 15) is 5.11 Å². The van der Waals surface area contributed by atoms with E-state index < -0.39 is 0 Å². The van der Waals surface area contributed by atoms with Crippen LogP contribution in [0.4, 0.5) is 17.2 Å². The lowest BCUT2D eigenvalue weighted by Crippen LogP contribution is -2.11. The van der Waals surface area contributed by atoms with Crippen LogP contribution in [-0.2, 0) is 0 Å². The maximum atomic E-state index is 10.2. The van der Waals surface area contributed by atoms with Gasteiger partial charge in [0.1, 0.15) is 11.6 Å². The largest absolute Gasteiger partial charge is 0.507 e. The maximum absolute atomic E-state index is 10.2. The average molecular weight is 416 g/mol. The van der Waals surface area contributed by atoms with Gasteiger partial charge >= 0.3 is 0 Å². The number of pyridine rings is 1. The van der Waals surface area contributed by atoms with E-state index in [1.165, 1.54) is 0 Å². The van der Waals surface area contributed by atoms with Crippen molar-refractivity contribution in [2.45, 2.75) is 0 Å². The van der Waals surface area contributed by atoms with Crippen LogP contribution in [0.15, 0.2) is 116 Å². The fraction of sp³-hybridized carbons (Fsp3) is 0. The molecule has 5 aromatic rings. The fourth-order valence-electron chi connectivity index (χ4n) is 3.61. The Bertz CT molecular complexity index is 1300. The second-order valence-electron chi connectivity index (χ2n) is 7.22. The summed E-state index contributed by atoms with van der Waals surface area (Å²) in [5, 5.41) is 10.2. The molecule has 5 nitrogen and oxygen atoms in total. The van der Waals surface area contributed by atoms with Gasteiger partial charge in [-0.3, -0.25) is 9.88 Å². The minimum Gasteiger partial charge on any atom is -0.507 e. The molecule has 5 heteroatoms. The molecule has 2 aromatic heterocycles. The summed E-state index contributed by atoms with van der Waals surface area (Å²) in [6.45, 7) is 0. The molecular weight excluding hydrogens is 396 g/mol. The Kier molecular flexibility index (Phi) is 5.29. The number of nitrogens with zero attached hydrogens (tertiary/aromatic N) is 4. The number of anilines is 3. The first-order valence-electron chi connectivity index (χ1n) is 10.3. The smallest absolute Gasteiger partial charge is 0.137 e. The quantitative estimate of drug-likeness (QED) is 0.360. The molecule has 32 heavy (non-hydrogen) atoms. The number of hydrogen-bond donors (Lipinski definition) is 1. The summed E-state index contributed by atoms with van der Waals surface area (Å²) in [5.41, 5.74) is 4.89. The molecule has 0 aliphatic heterocycles. The van der Waals surface area contributed by atoms with E-state index in [-0.39, 0.29) is 5.75 Å². The predicted octanol–water partition coefficient (Wildman–Crippen LogP) is 6.38. The highest BCUT2D eigenvalue weighted by molar-refractivity contribution is 5.78. The van der Waals surface area contributed by atoms with Crippen molar-refractivity contribution in [1.82, 2.24) is 15.0 Å². The third-order valence-corrected chi connectivity index (χ3v) is 5.11. The number of aromatic nitrogens is 3. The lowest BCUT2D eigenvalue weighted by molar-refractivity contribution is 0.477. The number of rotatable bonds is 5. The summed E-state index contributed by atoms with van der Waals surface area (Å²) >= 11 is 0. The number of aromatic hydroxyl groups is 1. The van der Waals surface area contributed by atoms with Crippen molar-refractivity contribution in [2.75, 3.05) is 4.90 Å². The van der Waals surface area contributed by atoms with Crippen LogP contribution in [0.3, 0.4) is 0 Å². The van der Waals surface area contributed by atoms with Crippen LogP contribution in [0.2, 0.25) is 0 Å². The normalized spacial score (nSPS) is 10.6. The van der Waals surface area contributed by atoms with Gasteiger partial charge in [-0.2, -0.15) is 0 Å². The Balaban J connectivity index is 1.59. The van der Waals surface area contributed by atoms with E-state index >= 15 is 0 Å². The van der Waals surface area contributed by atoms with Crippen LogP contribution >= 0.6 is 0 Å². The Morgan fingerprint density at radius 2 is 1.41 bits per heavy atom. The van der Waals surface area contributed by atoms with Gasteiger partial charge in [-0.05, 0) is 48.5 Å². The topological polar surface area (TPSA) is 62.1 Å². The summed E-state index contributed by atoms with van der Waals surface area (Å²) in [7, 11) is 0. The van der Waals surface area contributed by atoms with E-state index in [1.54, 1.807) is 30.7 Å². The highest BCUT2D eigenvalue weighted by Gasteiger charge is 2.14. The van der Waals surface area contributed by atoms with Crippen molar-refractivity contribution in [3.8, 4) is 28.3 Å². The van der Waals surface area contributed by atoms with Gasteiger partial charge in [0.05, 0.1) is 23.8 Å². The van der Waals surface area contributed by atoms with Crippen LogP contribution in [-0.4, -0.2) is 20.1 Å². The predicted molar refractivity (Wildman–Crippen MR) is 127 cm³/mol. The SMILES string of the molecule is Oc1ccccc1-c1cncc(-c2cccc(N(c3ccccc3)c3ccccn3)c2)n1. The Morgan fingerprint density at radius 1 is 0.656 bits per heavy atom. The van der Waals surface area contributed by atoms with Crippen molar-refractivity contribution < 1.29 is 5.11 Å². The molecule has 0 bridgehead atoms. The highest BCUT2D eigenvalue weighted by atomic mass is 16.3. The zero-order valence-corrected chi connectivity index (χ0v) is 17.2. The van der Waals surface area contributed by atoms with Crippen LogP contribution in [0.1, 0.15) is 0 Å². The zero-order valence-electron chi connectivity index (χ0n) is 17.2. The van der Waals surface area contributed by atoms with Crippen LogP contribution < -0.4 is 4.90 Å². The molecule has 0 spiro atoms. The third kappa shape index (κ3) is 3.91. The van der Waals surface area contributed by atoms with Gasteiger partial charge in [0.15, 0.2) is 0 Å². The molecule has 0 fully saturated rings. The lowest BCUT2D eigenvalue weighted by Gasteiger charge is -2.24. The van der Waals surface area contributed by atoms with Crippen molar-refractivity contribution in [3.63, 3.8) is 0 Å². The van der Waals surface area contributed by atoms with Gasteiger partial charge in [-0.15, -0.1) is 0 Å². The molecule has 1 N–H and O–H groups in total. The molecule has 0 aliphatic rings. The van der Waals surface area contributed by atoms with Crippen LogP contribution in [0.25, 0.3) is 22.5 Å². The van der Waals surface area contributed by atoms with Gasteiger partial charge in [0, 0.05) is 28.7 Å². The van der Waals surface area contributed by atoms with E-state index in [4.69, 9.17) is 4.98 Å². The van der Waals surface area contributed by atoms with E-state index in [0.717, 1.165) is 28.5 Å². The first-order valence-corrected chi connectivity index (χ1v) is 10.3. The maximum Gasteiger partial charge on any atom is 0.137 e. The Hall–Kier alpha value is -4.51. The molecule has 0 radical (unpaired) electrons. The van der Waals surface area contributed by atoms with Gasteiger partial charge in [-0.25, -0.2) is 9.97 Å². The van der Waals surface area contributed by atoms with Gasteiger partial charge < -0.3 is 5.11 Å². The van der Waals surface area contributed by atoms with Gasteiger partial charge in [-0.1, -0.05) is 48.5 Å². The summed E-state index contributed by atoms with van der Waals surface area (Å²) in [4.78, 5) is 15.8. The van der Waals surface area contributed by atoms with Crippen molar-refractivity contribution in [1.29, 1.82) is 0 Å². The van der Waals surface area contributed by atoms with E-state index in [1.807, 2.05) is 66.7 Å². The van der Waals surface area contributed by atoms with Gasteiger partial charge in [0.2, 0.25) is 0 Å².